The van der Waals surface area contributed by atoms with Crippen molar-refractivity contribution in [2.45, 2.75) is 26.3 Å². The Morgan fingerprint density at radius 3 is 2.82 bits per heavy atom. The van der Waals surface area contributed by atoms with Crippen LogP contribution in [0.15, 0.2) is 30.6 Å². The van der Waals surface area contributed by atoms with Gasteiger partial charge in [0.15, 0.2) is 0 Å². The van der Waals surface area contributed by atoms with Gasteiger partial charge >= 0.3 is 0 Å². The van der Waals surface area contributed by atoms with E-state index in [1.54, 1.807) is 16.9 Å². The molecule has 1 aromatic heterocycles. The van der Waals surface area contributed by atoms with Gasteiger partial charge in [-0.05, 0) is 38.0 Å². The fourth-order valence-electron chi connectivity index (χ4n) is 1.83. The number of hydrogen-bond donors (Lipinski definition) is 1. The molecule has 1 atom stereocenters. The summed E-state index contributed by atoms with van der Waals surface area (Å²) in [7, 11) is 0. The summed E-state index contributed by atoms with van der Waals surface area (Å²) in [4.78, 5) is 0. The first-order chi connectivity index (χ1) is 8.08. The predicted octanol–water partition coefficient (Wildman–Crippen LogP) is 2.21. The number of aryl methyl sites for hydroxylation is 1. The normalized spacial score (nSPS) is 12.7. The molecule has 4 heteroatoms. The van der Waals surface area contributed by atoms with Crippen LogP contribution in [0.25, 0.3) is 5.69 Å². The summed E-state index contributed by atoms with van der Waals surface area (Å²) in [5, 5.41) is 4.20. The van der Waals surface area contributed by atoms with Crippen molar-refractivity contribution in [3.63, 3.8) is 0 Å². The van der Waals surface area contributed by atoms with E-state index in [2.05, 4.69) is 5.10 Å². The number of nitrogens with two attached hydrogens (primary N) is 1. The van der Waals surface area contributed by atoms with E-state index in [-0.39, 0.29) is 11.9 Å². The molecule has 0 aliphatic carbocycles. The van der Waals surface area contributed by atoms with Crippen LogP contribution in [0.1, 0.15) is 18.1 Å². The number of benzene rings is 1. The van der Waals surface area contributed by atoms with E-state index in [0.29, 0.717) is 12.0 Å². The molecule has 90 valence electrons. The van der Waals surface area contributed by atoms with Crippen LogP contribution in [-0.2, 0) is 6.42 Å². The summed E-state index contributed by atoms with van der Waals surface area (Å²) in [6, 6.07) is 4.92. The molecule has 1 aromatic carbocycles. The second-order valence-corrected chi connectivity index (χ2v) is 4.38. The summed E-state index contributed by atoms with van der Waals surface area (Å²) in [6.07, 6.45) is 4.13. The summed E-state index contributed by atoms with van der Waals surface area (Å²) in [5.74, 6) is -0.229. The molecule has 2 aromatic rings. The zero-order valence-electron chi connectivity index (χ0n) is 10.0. The van der Waals surface area contributed by atoms with Gasteiger partial charge in [-0.25, -0.2) is 9.07 Å². The van der Waals surface area contributed by atoms with Gasteiger partial charge in [0.25, 0.3) is 0 Å². The minimum Gasteiger partial charge on any atom is -0.328 e. The lowest BCUT2D eigenvalue weighted by atomic mass is 10.0. The Balaban J connectivity index is 2.49. The highest BCUT2D eigenvalue weighted by Crippen LogP contribution is 2.19. The van der Waals surface area contributed by atoms with E-state index in [1.165, 1.54) is 6.07 Å². The number of aromatic nitrogens is 2. The Morgan fingerprint density at radius 1 is 1.47 bits per heavy atom. The second kappa shape index (κ2) is 4.67. The first kappa shape index (κ1) is 11.8. The molecule has 1 unspecified atom stereocenters. The van der Waals surface area contributed by atoms with E-state index in [4.69, 9.17) is 5.73 Å². The second-order valence-electron chi connectivity index (χ2n) is 4.38. The van der Waals surface area contributed by atoms with Crippen molar-refractivity contribution in [3.8, 4) is 5.69 Å². The first-order valence-corrected chi connectivity index (χ1v) is 5.62. The van der Waals surface area contributed by atoms with E-state index in [1.807, 2.05) is 26.1 Å². The van der Waals surface area contributed by atoms with Crippen molar-refractivity contribution >= 4 is 0 Å². The van der Waals surface area contributed by atoms with Gasteiger partial charge in [0.05, 0.1) is 11.9 Å². The lowest BCUT2D eigenvalue weighted by Crippen LogP contribution is -2.20. The molecule has 2 rings (SSSR count). The maximum atomic E-state index is 13.8. The minimum absolute atomic E-state index is 0.0812. The van der Waals surface area contributed by atoms with E-state index in [9.17, 15) is 4.39 Å². The Morgan fingerprint density at radius 2 is 2.24 bits per heavy atom. The van der Waals surface area contributed by atoms with Gasteiger partial charge in [-0.2, -0.15) is 5.10 Å². The van der Waals surface area contributed by atoms with Gasteiger partial charge in [-0.1, -0.05) is 6.07 Å². The molecule has 0 amide bonds. The highest BCUT2D eigenvalue weighted by atomic mass is 19.1. The van der Waals surface area contributed by atoms with Crippen molar-refractivity contribution in [1.29, 1.82) is 0 Å². The Labute approximate surface area is 100 Å². The van der Waals surface area contributed by atoms with Crippen molar-refractivity contribution < 1.29 is 4.39 Å². The van der Waals surface area contributed by atoms with Crippen LogP contribution in [0.4, 0.5) is 4.39 Å². The third-order valence-electron chi connectivity index (χ3n) is 2.58. The summed E-state index contributed by atoms with van der Waals surface area (Å²) in [6.45, 7) is 3.82. The highest BCUT2D eigenvalue weighted by Gasteiger charge is 2.12. The number of nitrogens with zero attached hydrogens (tertiary/aromatic N) is 2. The predicted molar refractivity (Wildman–Crippen MR) is 65.6 cm³/mol. The molecule has 0 saturated carbocycles. The largest absolute Gasteiger partial charge is 0.328 e. The summed E-state index contributed by atoms with van der Waals surface area (Å²) < 4.78 is 15.5. The maximum Gasteiger partial charge on any atom is 0.128 e. The molecule has 1 heterocycles. The average Bonchev–Trinajstić information content (AvgIpc) is 2.67. The quantitative estimate of drug-likeness (QED) is 0.883. The molecule has 17 heavy (non-hydrogen) atoms. The average molecular weight is 233 g/mol. The van der Waals surface area contributed by atoms with Crippen LogP contribution in [0.3, 0.4) is 0 Å². The SMILES string of the molecule is Cc1cnn(-c2cccc(F)c2CC(C)N)c1. The summed E-state index contributed by atoms with van der Waals surface area (Å²) >= 11 is 0. The molecule has 0 bridgehead atoms. The molecule has 0 spiro atoms. The van der Waals surface area contributed by atoms with Crippen molar-refractivity contribution in [1.82, 2.24) is 9.78 Å². The van der Waals surface area contributed by atoms with Crippen LogP contribution in [0.5, 0.6) is 0 Å². The van der Waals surface area contributed by atoms with Crippen molar-refractivity contribution in [2.75, 3.05) is 0 Å². The van der Waals surface area contributed by atoms with Crippen LogP contribution >= 0.6 is 0 Å². The van der Waals surface area contributed by atoms with Crippen LogP contribution in [0.2, 0.25) is 0 Å². The van der Waals surface area contributed by atoms with Gasteiger partial charge in [-0.3, -0.25) is 0 Å². The number of rotatable bonds is 3. The minimum atomic E-state index is -0.229. The van der Waals surface area contributed by atoms with E-state index >= 15 is 0 Å². The Bertz CT molecular complexity index is 517. The third-order valence-corrected chi connectivity index (χ3v) is 2.58. The highest BCUT2D eigenvalue weighted by molar-refractivity contribution is 5.42. The zero-order chi connectivity index (χ0) is 12.4. The topological polar surface area (TPSA) is 43.8 Å². The summed E-state index contributed by atoms with van der Waals surface area (Å²) in [5.41, 5.74) is 8.17. The third kappa shape index (κ3) is 2.53. The lowest BCUT2D eigenvalue weighted by molar-refractivity contribution is 0.592. The smallest absolute Gasteiger partial charge is 0.128 e. The maximum absolute atomic E-state index is 13.8. The molecular weight excluding hydrogens is 217 g/mol. The molecule has 0 aliphatic rings. The first-order valence-electron chi connectivity index (χ1n) is 5.62. The van der Waals surface area contributed by atoms with Crippen LogP contribution in [0, 0.1) is 12.7 Å². The molecule has 2 N–H and O–H groups in total. The molecule has 0 fully saturated rings. The van der Waals surface area contributed by atoms with Gasteiger partial charge in [0.1, 0.15) is 5.82 Å². The van der Waals surface area contributed by atoms with Crippen LogP contribution in [-0.4, -0.2) is 15.8 Å². The fourth-order valence-corrected chi connectivity index (χ4v) is 1.83. The standard InChI is InChI=1S/C13H16FN3/c1-9-7-16-17(8-9)13-5-3-4-12(14)11(13)6-10(2)15/h3-5,7-8,10H,6,15H2,1-2H3. The van der Waals surface area contributed by atoms with Gasteiger partial charge in [0.2, 0.25) is 0 Å². The lowest BCUT2D eigenvalue weighted by Gasteiger charge is -2.12. The molecule has 0 radical (unpaired) electrons. The van der Waals surface area contributed by atoms with Crippen LogP contribution < -0.4 is 5.73 Å². The Kier molecular flexibility index (Phi) is 3.24. The van der Waals surface area contributed by atoms with Crippen molar-refractivity contribution in [3.05, 3.63) is 47.5 Å². The number of halogens is 1. The Hall–Kier alpha value is -1.68. The monoisotopic (exact) mass is 233 g/mol. The molecule has 0 saturated heterocycles. The molecule has 3 nitrogen and oxygen atoms in total. The van der Waals surface area contributed by atoms with Gasteiger partial charge < -0.3 is 5.73 Å². The van der Waals surface area contributed by atoms with E-state index in [0.717, 1.165) is 11.3 Å². The molecular formula is C13H16FN3. The van der Waals surface area contributed by atoms with Gasteiger partial charge in [-0.15, -0.1) is 0 Å². The number of hydrogen-bond acceptors (Lipinski definition) is 2. The molecule has 0 aliphatic heterocycles. The van der Waals surface area contributed by atoms with Gasteiger partial charge in [0, 0.05) is 17.8 Å². The van der Waals surface area contributed by atoms with E-state index < -0.39 is 0 Å². The zero-order valence-corrected chi connectivity index (χ0v) is 10.0. The fraction of sp³-hybridized carbons (Fsp3) is 0.308. The van der Waals surface area contributed by atoms with Crippen molar-refractivity contribution in [2.24, 2.45) is 5.73 Å².